The number of nitrogens with one attached hydrogen (secondary N) is 1. The van der Waals surface area contributed by atoms with E-state index in [4.69, 9.17) is 9.66 Å². The number of hydrogen-bond acceptors (Lipinski definition) is 6. The molecule has 2 fully saturated rings. The number of rotatable bonds is 3. The number of carboxylic acid groups (broad SMARTS) is 1. The van der Waals surface area contributed by atoms with Crippen molar-refractivity contribution in [1.29, 1.82) is 0 Å². The highest BCUT2D eigenvalue weighted by Gasteiger charge is 2.49. The van der Waals surface area contributed by atoms with E-state index in [1.807, 2.05) is 0 Å². The van der Waals surface area contributed by atoms with Gasteiger partial charge in [-0.25, -0.2) is 9.59 Å². The normalized spacial score (nSPS) is 25.8. The maximum Gasteiger partial charge on any atom is 0.418 e. The number of carbonyl (C=O) groups is 3. The van der Waals surface area contributed by atoms with Gasteiger partial charge in [-0.2, -0.15) is 13.5 Å². The quantitative estimate of drug-likeness (QED) is 0.548. The van der Waals surface area contributed by atoms with Crippen LogP contribution < -0.4 is 5.32 Å². The molecule has 0 aliphatic carbocycles. The molecule has 3 N–H and O–H groups in total. The molecular weight excluding hydrogens is 298 g/mol. The van der Waals surface area contributed by atoms with E-state index in [0.717, 1.165) is 4.90 Å². The van der Waals surface area contributed by atoms with Crippen LogP contribution >= 0.6 is 0 Å². The predicted molar refractivity (Wildman–Crippen MR) is 59.6 cm³/mol. The van der Waals surface area contributed by atoms with Gasteiger partial charge in [0.15, 0.2) is 0 Å². The lowest BCUT2D eigenvalue weighted by Gasteiger charge is -2.28. The molecule has 11 nitrogen and oxygen atoms in total. The largest absolute Gasteiger partial charge is 0.465 e. The Hall–Kier alpha value is -1.92. The first-order valence-electron chi connectivity index (χ1n) is 5.49. The zero-order valence-corrected chi connectivity index (χ0v) is 10.7. The van der Waals surface area contributed by atoms with Crippen molar-refractivity contribution >= 4 is 28.4 Å². The summed E-state index contributed by atoms with van der Waals surface area (Å²) in [6, 6.07) is -2.57. The van der Waals surface area contributed by atoms with Crippen LogP contribution in [0.5, 0.6) is 0 Å². The van der Waals surface area contributed by atoms with Crippen molar-refractivity contribution in [1.82, 2.24) is 15.3 Å². The molecule has 2 rings (SSSR count). The summed E-state index contributed by atoms with van der Waals surface area (Å²) in [5.41, 5.74) is 0. The van der Waals surface area contributed by atoms with Crippen LogP contribution in [0.2, 0.25) is 0 Å². The van der Waals surface area contributed by atoms with Gasteiger partial charge in [-0.15, -0.1) is 4.28 Å². The predicted octanol–water partition coefficient (Wildman–Crippen LogP) is -1.22. The van der Waals surface area contributed by atoms with Crippen LogP contribution in [-0.4, -0.2) is 64.7 Å². The van der Waals surface area contributed by atoms with Gasteiger partial charge in [0.05, 0.1) is 6.04 Å². The Morgan fingerprint density at radius 1 is 1.35 bits per heavy atom. The Kier molecular flexibility index (Phi) is 3.54. The number of carbonyl (C=O) groups excluding carboxylic acids is 2. The van der Waals surface area contributed by atoms with E-state index in [1.54, 1.807) is 5.32 Å². The van der Waals surface area contributed by atoms with Crippen LogP contribution in [-0.2, 0) is 19.5 Å². The molecule has 4 amide bonds. The molecule has 0 aromatic heterocycles. The Morgan fingerprint density at radius 2 is 2.00 bits per heavy atom. The van der Waals surface area contributed by atoms with E-state index in [0.29, 0.717) is 5.06 Å². The minimum atomic E-state index is -4.85. The minimum absolute atomic E-state index is 0.00601. The maximum atomic E-state index is 11.9. The molecule has 2 bridgehead atoms. The van der Waals surface area contributed by atoms with Crippen molar-refractivity contribution in [2.45, 2.75) is 24.9 Å². The topological polar surface area (TPSA) is 154 Å². The number of nitrogens with zero attached hydrogens (tertiary/aromatic N) is 2. The zero-order chi connectivity index (χ0) is 15.1. The summed E-state index contributed by atoms with van der Waals surface area (Å²) >= 11 is 0. The zero-order valence-electron chi connectivity index (χ0n) is 9.92. The number of hydrogen-bond donors (Lipinski definition) is 3. The van der Waals surface area contributed by atoms with Crippen LogP contribution in [0.15, 0.2) is 0 Å². The van der Waals surface area contributed by atoms with Crippen molar-refractivity contribution in [3.63, 3.8) is 0 Å². The Labute approximate surface area is 113 Å². The fourth-order valence-corrected chi connectivity index (χ4v) is 2.68. The number of amides is 4. The lowest BCUT2D eigenvalue weighted by molar-refractivity contribution is -0.125. The first-order valence-corrected chi connectivity index (χ1v) is 6.86. The van der Waals surface area contributed by atoms with Crippen molar-refractivity contribution in [3.8, 4) is 0 Å². The monoisotopic (exact) mass is 309 g/mol. The Morgan fingerprint density at radius 3 is 2.55 bits per heavy atom. The van der Waals surface area contributed by atoms with Gasteiger partial charge in [0.25, 0.3) is 5.91 Å². The molecule has 2 atom stereocenters. The van der Waals surface area contributed by atoms with Gasteiger partial charge < -0.3 is 10.0 Å². The number of imide groups is 1. The SMILES string of the molecule is O=C(O)NC(=O)C1CCC2CN1C(=O)N2OS(=O)(=O)O. The van der Waals surface area contributed by atoms with Crippen molar-refractivity contribution in [2.75, 3.05) is 6.54 Å². The first kappa shape index (κ1) is 14.5. The first-order chi connectivity index (χ1) is 9.19. The number of hydroxylamine groups is 2. The van der Waals surface area contributed by atoms with Crippen molar-refractivity contribution < 1.29 is 36.7 Å². The summed E-state index contributed by atoms with van der Waals surface area (Å²) in [5, 5.41) is 10.6. The highest BCUT2D eigenvalue weighted by atomic mass is 32.3. The van der Waals surface area contributed by atoms with Gasteiger partial charge in [-0.05, 0) is 12.8 Å². The fraction of sp³-hybridized carbons (Fsp3) is 0.625. The molecule has 0 aromatic rings. The molecular formula is C8H11N3O8S. The summed E-state index contributed by atoms with van der Waals surface area (Å²) in [4.78, 5) is 34.9. The van der Waals surface area contributed by atoms with E-state index in [1.165, 1.54) is 0 Å². The average Bonchev–Trinajstić information content (AvgIpc) is 2.52. The van der Waals surface area contributed by atoms with Crippen LogP contribution in [0.25, 0.3) is 0 Å². The van der Waals surface area contributed by atoms with Gasteiger partial charge in [-0.1, -0.05) is 0 Å². The van der Waals surface area contributed by atoms with Crippen LogP contribution in [0.1, 0.15) is 12.8 Å². The summed E-state index contributed by atoms with van der Waals surface area (Å²) in [5.74, 6) is -0.877. The molecule has 2 aliphatic rings. The molecule has 2 heterocycles. The lowest BCUT2D eigenvalue weighted by atomic mass is 10.0. The number of urea groups is 1. The van der Waals surface area contributed by atoms with Gasteiger partial charge in [0, 0.05) is 6.54 Å². The molecule has 0 radical (unpaired) electrons. The van der Waals surface area contributed by atoms with Gasteiger partial charge in [-0.3, -0.25) is 14.7 Å². The van der Waals surface area contributed by atoms with E-state index >= 15 is 0 Å². The minimum Gasteiger partial charge on any atom is -0.465 e. The average molecular weight is 309 g/mol. The standard InChI is InChI=1S/C8H11N3O8S/c12-6(9-7(13)14)5-2-1-4-3-10(5)8(15)11(4)19-20(16,17)18/h4-5H,1-3H2,(H,9,12)(H,13,14)(H,16,17,18). The van der Waals surface area contributed by atoms with E-state index in [9.17, 15) is 22.8 Å². The molecule has 0 spiro atoms. The fourth-order valence-electron chi connectivity index (χ4n) is 2.29. The van der Waals surface area contributed by atoms with Gasteiger partial charge in [0.1, 0.15) is 6.04 Å². The highest BCUT2D eigenvalue weighted by molar-refractivity contribution is 7.80. The molecule has 2 aliphatic heterocycles. The van der Waals surface area contributed by atoms with Crippen LogP contribution in [0.4, 0.5) is 9.59 Å². The summed E-state index contributed by atoms with van der Waals surface area (Å²) in [6.45, 7) is 0.00601. The molecule has 2 unspecified atom stereocenters. The third kappa shape index (κ3) is 2.81. The number of fused-ring (bicyclic) bond motifs is 2. The highest BCUT2D eigenvalue weighted by Crippen LogP contribution is 2.30. The second-order valence-electron chi connectivity index (χ2n) is 4.30. The number of piperidine rings is 1. The second kappa shape index (κ2) is 4.88. The van der Waals surface area contributed by atoms with Crippen molar-refractivity contribution in [3.05, 3.63) is 0 Å². The van der Waals surface area contributed by atoms with Crippen molar-refractivity contribution in [2.24, 2.45) is 0 Å². The lowest BCUT2D eigenvalue weighted by Crippen LogP contribution is -2.50. The van der Waals surface area contributed by atoms with Crippen LogP contribution in [0.3, 0.4) is 0 Å². The third-order valence-electron chi connectivity index (χ3n) is 3.03. The van der Waals surface area contributed by atoms with E-state index < -0.39 is 40.5 Å². The molecule has 12 heteroatoms. The Bertz CT molecular complexity index is 560. The third-order valence-corrected chi connectivity index (χ3v) is 3.38. The smallest absolute Gasteiger partial charge is 0.418 e. The molecule has 112 valence electrons. The maximum absolute atomic E-state index is 11.9. The van der Waals surface area contributed by atoms with E-state index in [-0.39, 0.29) is 19.4 Å². The summed E-state index contributed by atoms with van der Waals surface area (Å²) < 4.78 is 34.0. The molecule has 2 saturated heterocycles. The molecule has 20 heavy (non-hydrogen) atoms. The van der Waals surface area contributed by atoms with Gasteiger partial charge in [0.2, 0.25) is 0 Å². The molecule has 0 aromatic carbocycles. The van der Waals surface area contributed by atoms with Gasteiger partial charge >= 0.3 is 22.5 Å². The second-order valence-corrected chi connectivity index (χ2v) is 5.31. The van der Waals surface area contributed by atoms with Crippen LogP contribution in [0, 0.1) is 0 Å². The molecule has 0 saturated carbocycles. The summed E-state index contributed by atoms with van der Waals surface area (Å²) in [7, 11) is -4.85. The Balaban J connectivity index is 2.13. The summed E-state index contributed by atoms with van der Waals surface area (Å²) in [6.07, 6.45) is -1.16. The van der Waals surface area contributed by atoms with E-state index in [2.05, 4.69) is 4.28 Å².